The van der Waals surface area contributed by atoms with Gasteiger partial charge in [-0.25, -0.2) is 9.29 Å². The largest absolute Gasteiger partial charge is 0.760 e. The van der Waals surface area contributed by atoms with Crippen molar-refractivity contribution in [3.8, 4) is 17.0 Å². The summed E-state index contributed by atoms with van der Waals surface area (Å²) in [5.74, 6) is -0.191. The van der Waals surface area contributed by atoms with Gasteiger partial charge < -0.3 is 19.3 Å². The minimum Gasteiger partial charge on any atom is -0.760 e. The van der Waals surface area contributed by atoms with Crippen LogP contribution in [0, 0.1) is 19.8 Å². The standard InChI is InChI=1S/C29H36N4O5S2/c1-20-3-6-27(25(15-20)26-19-39-29(30-26)32-9-7-23(8-10-32)28(34)35)38-18-24-5-4-22(16-21(24)2)17-31-11-13-33(14-12-31)40(36)37/h3-6,15-16,19,23H,7-14,17-18H2,1-2H3,(H,34,35)(H,36,37)/p-1. The molecule has 3 heterocycles. The van der Waals surface area contributed by atoms with Crippen molar-refractivity contribution in [2.24, 2.45) is 5.92 Å². The lowest BCUT2D eigenvalue weighted by atomic mass is 9.97. The van der Waals surface area contributed by atoms with Gasteiger partial charge in [0.05, 0.1) is 11.6 Å². The van der Waals surface area contributed by atoms with Crippen LogP contribution in [0.25, 0.3) is 11.3 Å². The first kappa shape index (κ1) is 28.7. The highest BCUT2D eigenvalue weighted by atomic mass is 32.2. The van der Waals surface area contributed by atoms with Crippen LogP contribution in [-0.2, 0) is 29.2 Å². The molecule has 0 bridgehead atoms. The number of carboxylic acid groups (broad SMARTS) is 1. The summed E-state index contributed by atoms with van der Waals surface area (Å²) in [6.45, 7) is 9.31. The highest BCUT2D eigenvalue weighted by Crippen LogP contribution is 2.36. The second-order valence-electron chi connectivity index (χ2n) is 10.6. The van der Waals surface area contributed by atoms with Crippen LogP contribution in [0.5, 0.6) is 5.75 Å². The number of carboxylic acids is 1. The fourth-order valence-corrected chi connectivity index (χ4v) is 6.63. The normalized spacial score (nSPS) is 18.1. The summed E-state index contributed by atoms with van der Waals surface area (Å²) in [6, 6.07) is 12.6. The number of aryl methyl sites for hydroxylation is 2. The minimum absolute atomic E-state index is 0.265. The number of piperidine rings is 1. The molecule has 3 aromatic rings. The van der Waals surface area contributed by atoms with Gasteiger partial charge in [0.25, 0.3) is 0 Å². The number of hydrogen-bond acceptors (Lipinski definition) is 8. The number of carbonyl (C=O) groups is 1. The minimum atomic E-state index is -2.14. The van der Waals surface area contributed by atoms with Crippen LogP contribution in [0.2, 0.25) is 0 Å². The topological polar surface area (TPSA) is 109 Å². The maximum atomic E-state index is 11.3. The molecule has 0 aliphatic carbocycles. The van der Waals surface area contributed by atoms with Crippen molar-refractivity contribution < 1.29 is 23.4 Å². The first-order valence-electron chi connectivity index (χ1n) is 13.6. The number of ether oxygens (including phenoxy) is 1. The molecule has 2 fully saturated rings. The molecule has 214 valence electrons. The molecule has 2 aliphatic heterocycles. The van der Waals surface area contributed by atoms with Crippen molar-refractivity contribution >= 4 is 33.7 Å². The molecule has 0 radical (unpaired) electrons. The maximum absolute atomic E-state index is 11.3. The molecule has 0 amide bonds. The van der Waals surface area contributed by atoms with Gasteiger partial charge in [0.1, 0.15) is 12.4 Å². The van der Waals surface area contributed by atoms with Gasteiger partial charge in [0.15, 0.2) is 5.13 Å². The number of aliphatic carboxylic acids is 1. The van der Waals surface area contributed by atoms with Gasteiger partial charge in [-0.15, -0.1) is 11.3 Å². The summed E-state index contributed by atoms with van der Waals surface area (Å²) < 4.78 is 30.1. The molecule has 1 unspecified atom stereocenters. The van der Waals surface area contributed by atoms with Crippen LogP contribution in [0.1, 0.15) is 35.1 Å². The third-order valence-electron chi connectivity index (χ3n) is 7.76. The molecule has 2 aliphatic rings. The fraction of sp³-hybridized carbons (Fsp3) is 0.448. The molecule has 1 atom stereocenters. The molecule has 0 spiro atoms. The summed E-state index contributed by atoms with van der Waals surface area (Å²) in [7, 11) is 0. The number of rotatable bonds is 9. The van der Waals surface area contributed by atoms with E-state index < -0.39 is 17.2 Å². The number of piperazine rings is 1. The van der Waals surface area contributed by atoms with Crippen LogP contribution < -0.4 is 9.64 Å². The Balaban J connectivity index is 1.22. The Hall–Kier alpha value is -2.83. The van der Waals surface area contributed by atoms with Crippen molar-refractivity contribution in [2.45, 2.75) is 39.8 Å². The SMILES string of the molecule is Cc1ccc(OCc2ccc(CN3CCN(S(=O)[O-])CC3)cc2C)c(-c2csc(N3CCC(C(=O)O)CC3)n2)c1. The smallest absolute Gasteiger partial charge is 0.306 e. The Bertz CT molecular complexity index is 1360. The first-order chi connectivity index (χ1) is 19.3. The first-order valence-corrected chi connectivity index (χ1v) is 15.5. The molecule has 40 heavy (non-hydrogen) atoms. The Kier molecular flexibility index (Phi) is 9.17. The number of nitrogens with zero attached hydrogens (tertiary/aromatic N) is 4. The quantitative estimate of drug-likeness (QED) is 0.373. The molecule has 1 aromatic heterocycles. The van der Waals surface area contributed by atoms with Crippen LogP contribution in [0.3, 0.4) is 0 Å². The van der Waals surface area contributed by atoms with E-state index in [1.807, 2.05) is 12.1 Å². The summed E-state index contributed by atoms with van der Waals surface area (Å²) in [5, 5.41) is 12.3. The molecular weight excluding hydrogens is 548 g/mol. The lowest BCUT2D eigenvalue weighted by Gasteiger charge is -2.35. The predicted octanol–water partition coefficient (Wildman–Crippen LogP) is 4.22. The van der Waals surface area contributed by atoms with Crippen LogP contribution in [-0.4, -0.2) is 73.3 Å². The van der Waals surface area contributed by atoms with E-state index in [0.717, 1.165) is 58.5 Å². The Morgan fingerprint density at radius 2 is 1.85 bits per heavy atom. The van der Waals surface area contributed by atoms with Gasteiger partial charge in [0, 0.05) is 68.0 Å². The van der Waals surface area contributed by atoms with Crippen LogP contribution >= 0.6 is 11.3 Å². The number of hydrogen-bond donors (Lipinski definition) is 1. The van der Waals surface area contributed by atoms with Crippen molar-refractivity contribution in [2.75, 3.05) is 44.2 Å². The highest BCUT2D eigenvalue weighted by Gasteiger charge is 2.26. The summed E-state index contributed by atoms with van der Waals surface area (Å²) in [5.41, 5.74) is 6.43. The van der Waals surface area contributed by atoms with Gasteiger partial charge in [-0.2, -0.15) is 0 Å². The average molecular weight is 584 g/mol. The number of anilines is 1. The van der Waals surface area contributed by atoms with Gasteiger partial charge in [0.2, 0.25) is 0 Å². The zero-order valence-electron chi connectivity index (χ0n) is 22.9. The van der Waals surface area contributed by atoms with Crippen molar-refractivity contribution in [1.82, 2.24) is 14.2 Å². The molecule has 9 nitrogen and oxygen atoms in total. The third kappa shape index (κ3) is 6.90. The van der Waals surface area contributed by atoms with E-state index in [9.17, 15) is 18.7 Å². The summed E-state index contributed by atoms with van der Waals surface area (Å²) >= 11 is -0.554. The zero-order valence-corrected chi connectivity index (χ0v) is 24.5. The van der Waals surface area contributed by atoms with Crippen LogP contribution in [0.15, 0.2) is 41.8 Å². The lowest BCUT2D eigenvalue weighted by Crippen LogP contribution is -2.46. The van der Waals surface area contributed by atoms with E-state index >= 15 is 0 Å². The second-order valence-corrected chi connectivity index (χ2v) is 12.4. The molecule has 0 saturated carbocycles. The molecule has 5 rings (SSSR count). The highest BCUT2D eigenvalue weighted by molar-refractivity contribution is 7.76. The van der Waals surface area contributed by atoms with E-state index in [4.69, 9.17) is 9.72 Å². The van der Waals surface area contributed by atoms with E-state index in [-0.39, 0.29) is 5.92 Å². The molecule has 2 saturated heterocycles. The van der Waals surface area contributed by atoms with Crippen molar-refractivity contribution in [1.29, 1.82) is 0 Å². The number of thiazole rings is 1. The number of aromatic nitrogens is 1. The predicted molar refractivity (Wildman–Crippen MR) is 156 cm³/mol. The molecule has 2 aromatic carbocycles. The van der Waals surface area contributed by atoms with Gasteiger partial charge in [-0.1, -0.05) is 29.8 Å². The monoisotopic (exact) mass is 583 g/mol. The molecule has 11 heteroatoms. The lowest BCUT2D eigenvalue weighted by molar-refractivity contribution is -0.142. The third-order valence-corrected chi connectivity index (χ3v) is 9.44. The van der Waals surface area contributed by atoms with Gasteiger partial charge >= 0.3 is 5.97 Å². The van der Waals surface area contributed by atoms with E-state index in [0.29, 0.717) is 45.6 Å². The summed E-state index contributed by atoms with van der Waals surface area (Å²) in [4.78, 5) is 20.7. The Morgan fingerprint density at radius 3 is 2.52 bits per heavy atom. The fourth-order valence-electron chi connectivity index (χ4n) is 5.29. The Morgan fingerprint density at radius 1 is 1.10 bits per heavy atom. The number of benzene rings is 2. The van der Waals surface area contributed by atoms with Crippen molar-refractivity contribution in [3.05, 3.63) is 64.0 Å². The van der Waals surface area contributed by atoms with Crippen molar-refractivity contribution in [3.63, 3.8) is 0 Å². The van der Waals surface area contributed by atoms with Gasteiger partial charge in [-0.3, -0.25) is 13.9 Å². The van der Waals surface area contributed by atoms with E-state index in [1.165, 1.54) is 9.87 Å². The second kappa shape index (κ2) is 12.8. The molecule has 1 N–H and O–H groups in total. The average Bonchev–Trinajstić information content (AvgIpc) is 3.44. The zero-order chi connectivity index (χ0) is 28.2. The van der Waals surface area contributed by atoms with Gasteiger partial charge in [-0.05, 0) is 55.5 Å². The Labute approximate surface area is 241 Å². The maximum Gasteiger partial charge on any atom is 0.306 e. The van der Waals surface area contributed by atoms with Crippen LogP contribution in [0.4, 0.5) is 5.13 Å². The van der Waals surface area contributed by atoms with E-state index in [1.54, 1.807) is 11.3 Å². The van der Waals surface area contributed by atoms with E-state index in [2.05, 4.69) is 53.3 Å². The molecular formula is C29H35N4O5S2-. The summed E-state index contributed by atoms with van der Waals surface area (Å²) in [6.07, 6.45) is 1.28.